The summed E-state index contributed by atoms with van der Waals surface area (Å²) in [6.45, 7) is 2.08. The Kier molecular flexibility index (Phi) is 3.39. The van der Waals surface area contributed by atoms with Crippen LogP contribution in [-0.2, 0) is 6.42 Å². The van der Waals surface area contributed by atoms with Gasteiger partial charge in [0.05, 0.1) is 12.3 Å². The van der Waals surface area contributed by atoms with Crippen LogP contribution in [-0.4, -0.2) is 0 Å². The Bertz CT molecular complexity index is 437. The standard InChI is InChI=1S/C13H16N2O/c1-10-4-2-5-11(8-10)9-12(15-14)13-6-3-7-16-13/h2-8,12,15H,9,14H2,1H3. The molecule has 1 unspecified atom stereocenters. The van der Waals surface area contributed by atoms with Crippen molar-refractivity contribution in [2.75, 3.05) is 0 Å². The van der Waals surface area contributed by atoms with Crippen LogP contribution >= 0.6 is 0 Å². The van der Waals surface area contributed by atoms with Gasteiger partial charge < -0.3 is 4.42 Å². The van der Waals surface area contributed by atoms with Gasteiger partial charge in [-0.15, -0.1) is 0 Å². The van der Waals surface area contributed by atoms with Crippen molar-refractivity contribution in [3.63, 3.8) is 0 Å². The average Bonchev–Trinajstić information content (AvgIpc) is 2.79. The second kappa shape index (κ2) is 4.96. The topological polar surface area (TPSA) is 51.2 Å². The van der Waals surface area contributed by atoms with Crippen LogP contribution in [0.5, 0.6) is 0 Å². The third-order valence-electron chi connectivity index (χ3n) is 2.61. The number of hydrazine groups is 1. The minimum Gasteiger partial charge on any atom is -0.468 e. The van der Waals surface area contributed by atoms with E-state index < -0.39 is 0 Å². The highest BCUT2D eigenvalue weighted by molar-refractivity contribution is 5.24. The fraction of sp³-hybridized carbons (Fsp3) is 0.231. The molecule has 0 spiro atoms. The van der Waals surface area contributed by atoms with Crippen LogP contribution < -0.4 is 11.3 Å². The van der Waals surface area contributed by atoms with Gasteiger partial charge in [0.15, 0.2) is 0 Å². The van der Waals surface area contributed by atoms with Gasteiger partial charge in [-0.25, -0.2) is 5.43 Å². The summed E-state index contributed by atoms with van der Waals surface area (Å²) >= 11 is 0. The van der Waals surface area contributed by atoms with Crippen LogP contribution in [0.3, 0.4) is 0 Å². The zero-order valence-corrected chi connectivity index (χ0v) is 9.31. The summed E-state index contributed by atoms with van der Waals surface area (Å²) < 4.78 is 5.35. The second-order valence-corrected chi connectivity index (χ2v) is 3.93. The van der Waals surface area contributed by atoms with E-state index in [1.807, 2.05) is 12.1 Å². The third-order valence-corrected chi connectivity index (χ3v) is 2.61. The van der Waals surface area contributed by atoms with E-state index in [1.54, 1.807) is 6.26 Å². The van der Waals surface area contributed by atoms with Gasteiger partial charge in [0.25, 0.3) is 0 Å². The number of benzene rings is 1. The molecule has 0 radical (unpaired) electrons. The summed E-state index contributed by atoms with van der Waals surface area (Å²) in [5.41, 5.74) is 5.29. The van der Waals surface area contributed by atoms with Crippen molar-refractivity contribution in [3.8, 4) is 0 Å². The number of nitrogens with two attached hydrogens (primary N) is 1. The number of nitrogens with one attached hydrogen (secondary N) is 1. The molecule has 0 saturated carbocycles. The summed E-state index contributed by atoms with van der Waals surface area (Å²) in [6.07, 6.45) is 2.49. The molecule has 0 saturated heterocycles. The highest BCUT2D eigenvalue weighted by atomic mass is 16.3. The number of hydrogen-bond donors (Lipinski definition) is 2. The summed E-state index contributed by atoms with van der Waals surface area (Å²) in [4.78, 5) is 0. The van der Waals surface area contributed by atoms with Crippen LogP contribution in [0.4, 0.5) is 0 Å². The van der Waals surface area contributed by atoms with Gasteiger partial charge in [-0.05, 0) is 31.0 Å². The predicted molar refractivity (Wildman–Crippen MR) is 63.7 cm³/mol. The van der Waals surface area contributed by atoms with Crippen molar-refractivity contribution < 1.29 is 4.42 Å². The Hall–Kier alpha value is -1.58. The van der Waals surface area contributed by atoms with Crippen molar-refractivity contribution in [1.82, 2.24) is 5.43 Å². The first kappa shape index (κ1) is 10.9. The summed E-state index contributed by atoms with van der Waals surface area (Å²) in [5.74, 6) is 6.40. The molecule has 2 rings (SSSR count). The van der Waals surface area contributed by atoms with E-state index in [4.69, 9.17) is 10.3 Å². The largest absolute Gasteiger partial charge is 0.468 e. The molecule has 0 bridgehead atoms. The third kappa shape index (κ3) is 2.51. The second-order valence-electron chi connectivity index (χ2n) is 3.93. The first-order valence-electron chi connectivity index (χ1n) is 5.34. The molecule has 0 aliphatic heterocycles. The number of hydrogen-bond acceptors (Lipinski definition) is 3. The molecule has 1 aromatic heterocycles. The zero-order chi connectivity index (χ0) is 11.4. The zero-order valence-electron chi connectivity index (χ0n) is 9.31. The SMILES string of the molecule is Cc1cccc(CC(NN)c2ccco2)c1. The van der Waals surface area contributed by atoms with Crippen molar-refractivity contribution in [2.24, 2.45) is 5.84 Å². The van der Waals surface area contributed by atoms with E-state index in [0.717, 1.165) is 12.2 Å². The molecule has 84 valence electrons. The Labute approximate surface area is 95.2 Å². The predicted octanol–water partition coefficient (Wildman–Crippen LogP) is 2.34. The molecule has 1 atom stereocenters. The molecule has 0 amide bonds. The van der Waals surface area contributed by atoms with Crippen LogP contribution in [0.15, 0.2) is 47.1 Å². The van der Waals surface area contributed by atoms with E-state index in [0.29, 0.717) is 0 Å². The smallest absolute Gasteiger partial charge is 0.122 e. The van der Waals surface area contributed by atoms with Crippen molar-refractivity contribution in [1.29, 1.82) is 0 Å². The van der Waals surface area contributed by atoms with Crippen molar-refractivity contribution in [3.05, 3.63) is 59.5 Å². The van der Waals surface area contributed by atoms with Crippen molar-refractivity contribution in [2.45, 2.75) is 19.4 Å². The normalized spacial score (nSPS) is 12.6. The lowest BCUT2D eigenvalue weighted by atomic mass is 10.0. The maximum Gasteiger partial charge on any atom is 0.122 e. The first-order chi connectivity index (χ1) is 7.79. The fourth-order valence-electron chi connectivity index (χ4n) is 1.81. The first-order valence-corrected chi connectivity index (χ1v) is 5.34. The molecule has 0 aliphatic rings. The quantitative estimate of drug-likeness (QED) is 0.609. The fourth-order valence-corrected chi connectivity index (χ4v) is 1.81. The molecule has 16 heavy (non-hydrogen) atoms. The molecule has 3 heteroatoms. The molecule has 0 aliphatic carbocycles. The van der Waals surface area contributed by atoms with Crippen LogP contribution in [0.1, 0.15) is 22.9 Å². The molecule has 0 fully saturated rings. The molecule has 1 heterocycles. The Balaban J connectivity index is 2.13. The van der Waals surface area contributed by atoms with Gasteiger partial charge in [-0.1, -0.05) is 29.8 Å². The van der Waals surface area contributed by atoms with Crippen LogP contribution in [0.25, 0.3) is 0 Å². The highest BCUT2D eigenvalue weighted by Crippen LogP contribution is 2.18. The summed E-state index contributed by atoms with van der Waals surface area (Å²) in [5, 5.41) is 0. The maximum atomic E-state index is 5.54. The van der Waals surface area contributed by atoms with E-state index in [9.17, 15) is 0 Å². The molecule has 2 aromatic rings. The molecule has 3 nitrogen and oxygen atoms in total. The molecular formula is C13H16N2O. The van der Waals surface area contributed by atoms with Crippen LogP contribution in [0.2, 0.25) is 0 Å². The van der Waals surface area contributed by atoms with Gasteiger partial charge in [0.1, 0.15) is 5.76 Å². The van der Waals surface area contributed by atoms with Gasteiger partial charge in [0, 0.05) is 0 Å². The number of aryl methyl sites for hydroxylation is 1. The Morgan fingerprint density at radius 2 is 2.19 bits per heavy atom. The number of furan rings is 1. The van der Waals surface area contributed by atoms with E-state index >= 15 is 0 Å². The Morgan fingerprint density at radius 1 is 1.31 bits per heavy atom. The van der Waals surface area contributed by atoms with Crippen molar-refractivity contribution >= 4 is 0 Å². The Morgan fingerprint density at radius 3 is 2.81 bits per heavy atom. The van der Waals surface area contributed by atoms with Gasteiger partial charge >= 0.3 is 0 Å². The average molecular weight is 216 g/mol. The molecule has 3 N–H and O–H groups in total. The summed E-state index contributed by atoms with van der Waals surface area (Å²) in [7, 11) is 0. The number of rotatable bonds is 4. The maximum absolute atomic E-state index is 5.54. The highest BCUT2D eigenvalue weighted by Gasteiger charge is 2.12. The summed E-state index contributed by atoms with van der Waals surface area (Å²) in [6, 6.07) is 12.2. The minimum atomic E-state index is 0.0248. The van der Waals surface area contributed by atoms with Crippen LogP contribution in [0, 0.1) is 6.92 Å². The minimum absolute atomic E-state index is 0.0248. The van der Waals surface area contributed by atoms with E-state index in [2.05, 4.69) is 36.6 Å². The van der Waals surface area contributed by atoms with Gasteiger partial charge in [0.2, 0.25) is 0 Å². The lowest BCUT2D eigenvalue weighted by Gasteiger charge is -2.13. The lowest BCUT2D eigenvalue weighted by Crippen LogP contribution is -2.29. The van der Waals surface area contributed by atoms with E-state index in [1.165, 1.54) is 11.1 Å². The molecule has 1 aromatic carbocycles. The monoisotopic (exact) mass is 216 g/mol. The van der Waals surface area contributed by atoms with E-state index in [-0.39, 0.29) is 6.04 Å². The molecular weight excluding hydrogens is 200 g/mol. The van der Waals surface area contributed by atoms with Gasteiger partial charge in [-0.2, -0.15) is 0 Å². The van der Waals surface area contributed by atoms with Gasteiger partial charge in [-0.3, -0.25) is 5.84 Å². The lowest BCUT2D eigenvalue weighted by molar-refractivity contribution is 0.416.